The van der Waals surface area contributed by atoms with Gasteiger partial charge < -0.3 is 14.4 Å². The normalized spacial score (nSPS) is 18.4. The molecule has 2 aromatic carbocycles. The Labute approximate surface area is 186 Å². The molecule has 6 heteroatoms. The minimum Gasteiger partial charge on any atom is -0.465 e. The average molecular weight is 436 g/mol. The number of benzene rings is 2. The molecule has 0 N–H and O–H groups in total. The van der Waals surface area contributed by atoms with E-state index in [0.29, 0.717) is 18.0 Å². The van der Waals surface area contributed by atoms with Gasteiger partial charge in [0.05, 0.1) is 18.7 Å². The summed E-state index contributed by atoms with van der Waals surface area (Å²) in [7, 11) is 1.37. The van der Waals surface area contributed by atoms with Crippen LogP contribution in [0.3, 0.4) is 0 Å². The molecule has 1 saturated heterocycles. The number of amides is 1. The molecule has 31 heavy (non-hydrogen) atoms. The van der Waals surface area contributed by atoms with Crippen LogP contribution in [0.5, 0.6) is 0 Å². The van der Waals surface area contributed by atoms with Gasteiger partial charge in [0.15, 0.2) is 0 Å². The van der Waals surface area contributed by atoms with Gasteiger partial charge in [-0.25, -0.2) is 9.59 Å². The number of piperidine rings is 1. The second-order valence-electron chi connectivity index (χ2n) is 7.64. The first kappa shape index (κ1) is 21.1. The molecule has 0 spiro atoms. The summed E-state index contributed by atoms with van der Waals surface area (Å²) in [6, 6.07) is 19.1. The lowest BCUT2D eigenvalue weighted by Gasteiger charge is -2.39. The molecular weight excluding hydrogens is 410 g/mol. The first-order valence-corrected chi connectivity index (χ1v) is 11.3. The number of nitrogens with zero attached hydrogens (tertiary/aromatic N) is 1. The number of likely N-dealkylation sites (tertiary alicyclic amines) is 1. The van der Waals surface area contributed by atoms with E-state index in [-0.39, 0.29) is 24.7 Å². The molecule has 4 rings (SSSR count). The van der Waals surface area contributed by atoms with E-state index in [0.717, 1.165) is 24.0 Å². The van der Waals surface area contributed by atoms with Crippen molar-refractivity contribution in [2.45, 2.75) is 31.4 Å². The van der Waals surface area contributed by atoms with E-state index < -0.39 is 0 Å². The maximum atomic E-state index is 13.0. The van der Waals surface area contributed by atoms with E-state index in [1.54, 1.807) is 23.5 Å². The smallest absolute Gasteiger partial charge is 0.410 e. The fourth-order valence-electron chi connectivity index (χ4n) is 4.07. The van der Waals surface area contributed by atoms with E-state index in [2.05, 4.69) is 16.8 Å². The number of hydrogen-bond acceptors (Lipinski definition) is 5. The van der Waals surface area contributed by atoms with Gasteiger partial charge in [-0.15, -0.1) is 0 Å². The van der Waals surface area contributed by atoms with Crippen molar-refractivity contribution in [2.75, 3.05) is 13.7 Å². The number of ether oxygens (including phenoxy) is 2. The second kappa shape index (κ2) is 9.79. The fourth-order valence-corrected chi connectivity index (χ4v) is 4.81. The third kappa shape index (κ3) is 4.97. The number of esters is 1. The molecule has 2 heterocycles. The number of carbonyl (C=O) groups is 2. The first-order valence-electron chi connectivity index (χ1n) is 10.3. The molecule has 0 saturated carbocycles. The van der Waals surface area contributed by atoms with Crippen molar-refractivity contribution in [1.82, 2.24) is 4.90 Å². The quantitative estimate of drug-likeness (QED) is 0.476. The Morgan fingerprint density at radius 2 is 1.81 bits per heavy atom. The molecule has 0 bridgehead atoms. The van der Waals surface area contributed by atoms with Crippen LogP contribution in [0.15, 0.2) is 71.4 Å². The van der Waals surface area contributed by atoms with Crippen LogP contribution in [-0.4, -0.2) is 30.6 Å². The Hall–Kier alpha value is -3.12. The van der Waals surface area contributed by atoms with Crippen LogP contribution in [0, 0.1) is 0 Å². The van der Waals surface area contributed by atoms with E-state index in [1.165, 1.54) is 12.7 Å². The van der Waals surface area contributed by atoms with Gasteiger partial charge in [0.2, 0.25) is 0 Å². The summed E-state index contributed by atoms with van der Waals surface area (Å²) in [6.07, 6.45) is 1.40. The Bertz CT molecular complexity index is 1000. The molecule has 0 aliphatic carbocycles. The lowest BCUT2D eigenvalue weighted by atomic mass is 9.84. The standard InChI is InChI=1S/C25H25NO4S/c1-29-24(27)20-9-7-19(8-10-20)23-15-21(22-12-14-31-17-22)11-13-26(23)25(28)30-16-18-5-3-2-4-6-18/h2-10,12,14,17,21,23H,11,13,15-16H2,1H3/t21?,23-/m0/s1. The second-order valence-corrected chi connectivity index (χ2v) is 8.42. The molecule has 1 unspecified atom stereocenters. The minimum absolute atomic E-state index is 0.117. The molecule has 1 aliphatic heterocycles. The van der Waals surface area contributed by atoms with E-state index in [9.17, 15) is 9.59 Å². The number of methoxy groups -OCH3 is 1. The summed E-state index contributed by atoms with van der Waals surface area (Å²) in [5.74, 6) is 0.0141. The van der Waals surface area contributed by atoms with Crippen molar-refractivity contribution in [3.8, 4) is 0 Å². The van der Waals surface area contributed by atoms with Crippen molar-refractivity contribution in [3.05, 3.63) is 93.7 Å². The van der Waals surface area contributed by atoms with Gasteiger partial charge in [0.1, 0.15) is 6.61 Å². The highest BCUT2D eigenvalue weighted by Crippen LogP contribution is 2.40. The molecule has 2 atom stereocenters. The summed E-state index contributed by atoms with van der Waals surface area (Å²) < 4.78 is 10.4. The number of carbonyl (C=O) groups excluding carboxylic acids is 2. The predicted octanol–water partition coefficient (Wildman–Crippen LogP) is 5.79. The highest BCUT2D eigenvalue weighted by Gasteiger charge is 2.34. The van der Waals surface area contributed by atoms with Crippen molar-refractivity contribution < 1.29 is 19.1 Å². The zero-order valence-corrected chi connectivity index (χ0v) is 18.2. The molecule has 0 radical (unpaired) electrons. The molecule has 1 fully saturated rings. The Morgan fingerprint density at radius 3 is 2.48 bits per heavy atom. The molecular formula is C25H25NO4S. The van der Waals surface area contributed by atoms with Crippen LogP contribution in [-0.2, 0) is 16.1 Å². The van der Waals surface area contributed by atoms with Crippen molar-refractivity contribution in [3.63, 3.8) is 0 Å². The first-order chi connectivity index (χ1) is 15.2. The monoisotopic (exact) mass is 435 g/mol. The summed E-state index contributed by atoms with van der Waals surface area (Å²) >= 11 is 1.69. The van der Waals surface area contributed by atoms with Gasteiger partial charge in [-0.05, 0) is 64.4 Å². The van der Waals surface area contributed by atoms with Gasteiger partial charge in [-0.2, -0.15) is 11.3 Å². The molecule has 1 amide bonds. The maximum Gasteiger partial charge on any atom is 0.410 e. The van der Waals surface area contributed by atoms with Gasteiger partial charge >= 0.3 is 12.1 Å². The van der Waals surface area contributed by atoms with E-state index in [4.69, 9.17) is 9.47 Å². The van der Waals surface area contributed by atoms with Gasteiger partial charge in [-0.3, -0.25) is 0 Å². The van der Waals surface area contributed by atoms with E-state index >= 15 is 0 Å². The fraction of sp³-hybridized carbons (Fsp3) is 0.280. The SMILES string of the molecule is COC(=O)c1ccc([C@@H]2CC(c3ccsc3)CCN2C(=O)OCc2ccccc2)cc1. The summed E-state index contributed by atoms with van der Waals surface area (Å²) in [4.78, 5) is 26.6. The lowest BCUT2D eigenvalue weighted by Crippen LogP contribution is -2.40. The Morgan fingerprint density at radius 1 is 1.03 bits per heavy atom. The highest BCUT2D eigenvalue weighted by molar-refractivity contribution is 7.08. The minimum atomic E-state index is -0.370. The van der Waals surface area contributed by atoms with Crippen molar-refractivity contribution in [2.24, 2.45) is 0 Å². The lowest BCUT2D eigenvalue weighted by molar-refractivity contribution is 0.0596. The predicted molar refractivity (Wildman–Crippen MR) is 120 cm³/mol. The largest absolute Gasteiger partial charge is 0.465 e. The Kier molecular flexibility index (Phi) is 6.67. The molecule has 1 aromatic heterocycles. The van der Waals surface area contributed by atoms with Crippen LogP contribution in [0.2, 0.25) is 0 Å². The van der Waals surface area contributed by atoms with Crippen molar-refractivity contribution >= 4 is 23.4 Å². The van der Waals surface area contributed by atoms with Crippen LogP contribution in [0.25, 0.3) is 0 Å². The molecule has 1 aliphatic rings. The average Bonchev–Trinajstić information content (AvgIpc) is 3.37. The third-order valence-corrected chi connectivity index (χ3v) is 6.47. The van der Waals surface area contributed by atoms with E-state index in [1.807, 2.05) is 47.4 Å². The van der Waals surface area contributed by atoms with Gasteiger partial charge in [0.25, 0.3) is 0 Å². The third-order valence-electron chi connectivity index (χ3n) is 5.77. The number of thiophene rings is 1. The van der Waals surface area contributed by atoms with Crippen LogP contribution in [0.1, 0.15) is 51.8 Å². The zero-order chi connectivity index (χ0) is 21.6. The molecule has 160 valence electrons. The van der Waals surface area contributed by atoms with Gasteiger partial charge in [0, 0.05) is 6.54 Å². The highest BCUT2D eigenvalue weighted by atomic mass is 32.1. The summed E-state index contributed by atoms with van der Waals surface area (Å²) in [5, 5.41) is 4.28. The summed E-state index contributed by atoms with van der Waals surface area (Å²) in [6.45, 7) is 0.871. The van der Waals surface area contributed by atoms with Crippen LogP contribution < -0.4 is 0 Å². The number of rotatable bonds is 5. The Balaban J connectivity index is 1.54. The maximum absolute atomic E-state index is 13.0. The van der Waals surface area contributed by atoms with Crippen LogP contribution >= 0.6 is 11.3 Å². The topological polar surface area (TPSA) is 55.8 Å². The van der Waals surface area contributed by atoms with Gasteiger partial charge in [-0.1, -0.05) is 42.5 Å². The summed E-state index contributed by atoms with van der Waals surface area (Å²) in [5.41, 5.74) is 3.76. The number of hydrogen-bond donors (Lipinski definition) is 0. The van der Waals surface area contributed by atoms with Crippen molar-refractivity contribution in [1.29, 1.82) is 0 Å². The van der Waals surface area contributed by atoms with Crippen LogP contribution in [0.4, 0.5) is 4.79 Å². The zero-order valence-electron chi connectivity index (χ0n) is 17.4. The molecule has 5 nitrogen and oxygen atoms in total. The molecule has 3 aromatic rings.